The van der Waals surface area contributed by atoms with E-state index in [0.29, 0.717) is 20.8 Å². The molecule has 2 aromatic heterocycles. The molecule has 0 aliphatic heterocycles. The summed E-state index contributed by atoms with van der Waals surface area (Å²) >= 11 is 6.47. The van der Waals surface area contributed by atoms with Crippen molar-refractivity contribution in [3.8, 4) is 0 Å². The van der Waals surface area contributed by atoms with E-state index in [9.17, 15) is 9.59 Å². The van der Waals surface area contributed by atoms with Gasteiger partial charge in [0.2, 0.25) is 5.91 Å². The van der Waals surface area contributed by atoms with Crippen LogP contribution in [0.5, 0.6) is 0 Å². The Morgan fingerprint density at radius 1 is 1.57 bits per heavy atom. The molecule has 0 unspecified atom stereocenters. The van der Waals surface area contributed by atoms with Gasteiger partial charge in [-0.2, -0.15) is 0 Å². The van der Waals surface area contributed by atoms with Crippen LogP contribution >= 0.6 is 23.6 Å². The van der Waals surface area contributed by atoms with Crippen LogP contribution in [0.15, 0.2) is 23.8 Å². The number of hydrogen-bond donors (Lipinski definition) is 1. The first-order valence-corrected chi connectivity index (χ1v) is 8.52. The molecule has 0 bridgehead atoms. The van der Waals surface area contributed by atoms with Gasteiger partial charge in [0.15, 0.2) is 9.60 Å². The van der Waals surface area contributed by atoms with E-state index in [1.165, 1.54) is 22.2 Å². The lowest BCUT2D eigenvalue weighted by Crippen LogP contribution is -2.45. The standard InChI is InChI=1S/C15H20N4O2S2/c1-5-7-19-12-11(23-14(19)22)13(21)18(9-16-12)8-10(20)17-15(3,4)6-2/h5,9H,1,6-8H2,2-4H3,(H,17,20). The second-order valence-electron chi connectivity index (χ2n) is 5.88. The van der Waals surface area contributed by atoms with Crippen LogP contribution in [-0.4, -0.2) is 25.6 Å². The van der Waals surface area contributed by atoms with Crippen molar-refractivity contribution in [2.24, 2.45) is 0 Å². The average Bonchev–Trinajstić information content (AvgIpc) is 2.79. The van der Waals surface area contributed by atoms with Crippen molar-refractivity contribution >= 4 is 39.8 Å². The molecule has 2 aromatic rings. The van der Waals surface area contributed by atoms with E-state index in [4.69, 9.17) is 12.2 Å². The first-order valence-electron chi connectivity index (χ1n) is 7.29. The molecule has 0 fully saturated rings. The van der Waals surface area contributed by atoms with Crippen molar-refractivity contribution in [3.63, 3.8) is 0 Å². The minimum absolute atomic E-state index is 0.0582. The predicted molar refractivity (Wildman–Crippen MR) is 95.4 cm³/mol. The molecule has 0 aromatic carbocycles. The molecule has 23 heavy (non-hydrogen) atoms. The third-order valence-corrected chi connectivity index (χ3v) is 5.06. The van der Waals surface area contributed by atoms with Crippen LogP contribution in [0.25, 0.3) is 10.3 Å². The van der Waals surface area contributed by atoms with Gasteiger partial charge in [-0.15, -0.1) is 6.58 Å². The van der Waals surface area contributed by atoms with Gasteiger partial charge in [-0.1, -0.05) is 24.3 Å². The van der Waals surface area contributed by atoms with Gasteiger partial charge in [0, 0.05) is 12.1 Å². The average molecular weight is 352 g/mol. The molecule has 124 valence electrons. The van der Waals surface area contributed by atoms with Crippen molar-refractivity contribution in [1.82, 2.24) is 19.4 Å². The number of aromatic nitrogens is 3. The number of nitrogens with zero attached hydrogens (tertiary/aromatic N) is 3. The van der Waals surface area contributed by atoms with Crippen LogP contribution < -0.4 is 10.9 Å². The second-order valence-corrected chi connectivity index (χ2v) is 7.53. The van der Waals surface area contributed by atoms with E-state index in [0.717, 1.165) is 6.42 Å². The number of hydrogen-bond acceptors (Lipinski definition) is 5. The minimum atomic E-state index is -0.304. The zero-order valence-electron chi connectivity index (χ0n) is 13.5. The molecule has 0 aliphatic rings. The summed E-state index contributed by atoms with van der Waals surface area (Å²) < 4.78 is 4.10. The largest absolute Gasteiger partial charge is 0.350 e. The molecule has 1 amide bonds. The molecule has 0 saturated carbocycles. The first kappa shape index (κ1) is 17.6. The lowest BCUT2D eigenvalue weighted by Gasteiger charge is -2.24. The van der Waals surface area contributed by atoms with Gasteiger partial charge < -0.3 is 9.88 Å². The molecule has 0 spiro atoms. The van der Waals surface area contributed by atoms with Crippen LogP contribution in [-0.2, 0) is 17.9 Å². The van der Waals surface area contributed by atoms with Crippen LogP contribution in [0, 0.1) is 3.95 Å². The lowest BCUT2D eigenvalue weighted by atomic mass is 10.0. The van der Waals surface area contributed by atoms with Crippen LogP contribution in [0.3, 0.4) is 0 Å². The number of nitrogens with one attached hydrogen (secondary N) is 1. The van der Waals surface area contributed by atoms with Crippen molar-refractivity contribution in [3.05, 3.63) is 33.3 Å². The summed E-state index contributed by atoms with van der Waals surface area (Å²) in [6, 6.07) is 0. The Morgan fingerprint density at radius 3 is 2.87 bits per heavy atom. The van der Waals surface area contributed by atoms with Crippen molar-refractivity contribution in [1.29, 1.82) is 0 Å². The molecule has 0 aliphatic carbocycles. The highest BCUT2D eigenvalue weighted by atomic mass is 32.1. The third-order valence-electron chi connectivity index (χ3n) is 3.63. The Bertz CT molecular complexity index is 860. The Labute approximate surface area is 143 Å². The SMILES string of the molecule is C=CCn1c(=S)sc2c(=O)n(CC(=O)NC(C)(C)CC)cnc21. The maximum absolute atomic E-state index is 12.5. The maximum Gasteiger partial charge on any atom is 0.273 e. The van der Waals surface area contributed by atoms with E-state index < -0.39 is 0 Å². The molecular formula is C15H20N4O2S2. The second kappa shape index (κ2) is 6.76. The monoisotopic (exact) mass is 352 g/mol. The molecule has 0 atom stereocenters. The van der Waals surface area contributed by atoms with Crippen molar-refractivity contribution < 1.29 is 4.79 Å². The summed E-state index contributed by atoms with van der Waals surface area (Å²) in [7, 11) is 0. The summed E-state index contributed by atoms with van der Waals surface area (Å²) in [4.78, 5) is 28.9. The van der Waals surface area contributed by atoms with E-state index >= 15 is 0 Å². The van der Waals surface area contributed by atoms with Gasteiger partial charge in [0.25, 0.3) is 5.56 Å². The summed E-state index contributed by atoms with van der Waals surface area (Å²) in [6.07, 6.45) is 3.90. The number of carbonyl (C=O) groups excluding carboxylic acids is 1. The number of amides is 1. The van der Waals surface area contributed by atoms with Gasteiger partial charge in [0.1, 0.15) is 17.6 Å². The fourth-order valence-electron chi connectivity index (χ4n) is 2.03. The third kappa shape index (κ3) is 3.76. The molecule has 1 N–H and O–H groups in total. The molecule has 2 heterocycles. The summed E-state index contributed by atoms with van der Waals surface area (Å²) in [5, 5.41) is 2.90. The minimum Gasteiger partial charge on any atom is -0.350 e. The Kier molecular flexibility index (Phi) is 5.16. The molecule has 8 heteroatoms. The summed E-state index contributed by atoms with van der Waals surface area (Å²) in [5.74, 6) is -0.214. The van der Waals surface area contributed by atoms with Gasteiger partial charge in [-0.05, 0) is 32.5 Å². The van der Waals surface area contributed by atoms with E-state index in [1.807, 2.05) is 20.8 Å². The van der Waals surface area contributed by atoms with E-state index in [1.54, 1.807) is 10.6 Å². The Morgan fingerprint density at radius 2 is 2.26 bits per heavy atom. The highest BCUT2D eigenvalue weighted by Crippen LogP contribution is 2.17. The zero-order valence-corrected chi connectivity index (χ0v) is 15.1. The lowest BCUT2D eigenvalue weighted by molar-refractivity contribution is -0.123. The molecular weight excluding hydrogens is 332 g/mol. The normalized spacial score (nSPS) is 11.6. The van der Waals surface area contributed by atoms with E-state index in [-0.39, 0.29) is 23.6 Å². The maximum atomic E-state index is 12.5. The van der Waals surface area contributed by atoms with Crippen LogP contribution in [0.4, 0.5) is 0 Å². The fraction of sp³-hybridized carbons (Fsp3) is 0.467. The Hall–Kier alpha value is -1.80. The molecule has 0 radical (unpaired) electrons. The number of thiazole rings is 1. The summed E-state index contributed by atoms with van der Waals surface area (Å²) in [6.45, 7) is 10.00. The van der Waals surface area contributed by atoms with Gasteiger partial charge >= 0.3 is 0 Å². The van der Waals surface area contributed by atoms with Crippen molar-refractivity contribution in [2.45, 2.75) is 45.8 Å². The van der Waals surface area contributed by atoms with E-state index in [2.05, 4.69) is 16.9 Å². The smallest absolute Gasteiger partial charge is 0.273 e. The molecule has 6 nitrogen and oxygen atoms in total. The first-order chi connectivity index (χ1) is 10.8. The predicted octanol–water partition coefficient (Wildman–Crippen LogP) is 2.48. The fourth-order valence-corrected chi connectivity index (χ4v) is 3.35. The number of rotatable bonds is 6. The molecule has 0 saturated heterocycles. The highest BCUT2D eigenvalue weighted by Gasteiger charge is 2.19. The number of carbonyl (C=O) groups is 1. The highest BCUT2D eigenvalue weighted by molar-refractivity contribution is 7.73. The van der Waals surface area contributed by atoms with Gasteiger partial charge in [-0.25, -0.2) is 4.98 Å². The van der Waals surface area contributed by atoms with Crippen molar-refractivity contribution in [2.75, 3.05) is 0 Å². The number of allylic oxidation sites excluding steroid dienone is 1. The molecule has 2 rings (SSSR count). The quantitative estimate of drug-likeness (QED) is 0.640. The van der Waals surface area contributed by atoms with Gasteiger partial charge in [0.05, 0.1) is 0 Å². The topological polar surface area (TPSA) is 68.9 Å². The van der Waals surface area contributed by atoms with Crippen LogP contribution in [0.2, 0.25) is 0 Å². The number of fused-ring (bicyclic) bond motifs is 1. The van der Waals surface area contributed by atoms with Gasteiger partial charge in [-0.3, -0.25) is 14.2 Å². The summed E-state index contributed by atoms with van der Waals surface area (Å²) in [5.41, 5.74) is -0.0177. The van der Waals surface area contributed by atoms with Crippen LogP contribution in [0.1, 0.15) is 27.2 Å². The Balaban J connectivity index is 2.35. The zero-order chi connectivity index (χ0) is 17.2.